The Bertz CT molecular complexity index is 1030. The number of rotatable bonds is 7. The topological polar surface area (TPSA) is 121 Å². The van der Waals surface area contributed by atoms with E-state index in [2.05, 4.69) is 20.8 Å². The van der Waals surface area contributed by atoms with Gasteiger partial charge in [0.1, 0.15) is 5.78 Å². The molecule has 0 aromatic carbocycles. The Morgan fingerprint density at radius 1 is 1.05 bits per heavy atom. The average Bonchev–Trinajstić information content (AvgIpc) is 3.06. The molecular weight excluding hydrogens is 484 g/mol. The number of hydrogen-bond acceptors (Lipinski definition) is 7. The fourth-order valence-corrected chi connectivity index (χ4v) is 9.68. The number of ether oxygens (including phenoxy) is 1. The summed E-state index contributed by atoms with van der Waals surface area (Å²) in [6, 6.07) is 0. The highest BCUT2D eigenvalue weighted by atomic mass is 16.5. The van der Waals surface area contributed by atoms with Crippen molar-refractivity contribution >= 4 is 17.5 Å². The third-order valence-corrected chi connectivity index (χ3v) is 12.1. The molecule has 4 rings (SSSR count). The monoisotopic (exact) mass is 532 g/mol. The van der Waals surface area contributed by atoms with Gasteiger partial charge in [-0.1, -0.05) is 47.1 Å². The molecule has 0 aliphatic heterocycles. The van der Waals surface area contributed by atoms with Crippen LogP contribution in [0.4, 0.5) is 0 Å². The minimum atomic E-state index is -0.666. The van der Waals surface area contributed by atoms with Gasteiger partial charge in [-0.15, -0.1) is 0 Å². The predicted octanol–water partition coefficient (Wildman–Crippen LogP) is 4.01. The van der Waals surface area contributed by atoms with Gasteiger partial charge >= 0.3 is 5.97 Å². The fraction of sp³-hybridized carbons (Fsp3) is 0.839. The summed E-state index contributed by atoms with van der Waals surface area (Å²) in [6.07, 6.45) is 2.72. The number of ketones is 2. The Morgan fingerprint density at radius 3 is 2.32 bits per heavy atom. The van der Waals surface area contributed by atoms with E-state index >= 15 is 0 Å². The lowest BCUT2D eigenvalue weighted by molar-refractivity contribution is -0.146. The number of hydrogen-bond donors (Lipinski definition) is 3. The summed E-state index contributed by atoms with van der Waals surface area (Å²) < 4.78 is 4.77. The van der Waals surface area contributed by atoms with Crippen LogP contribution >= 0.6 is 0 Å². The molecule has 0 saturated heterocycles. The van der Waals surface area contributed by atoms with Gasteiger partial charge in [-0.05, 0) is 60.7 Å². The van der Waals surface area contributed by atoms with Crippen molar-refractivity contribution in [2.75, 3.05) is 13.7 Å². The molecule has 0 aromatic rings. The molecule has 0 amide bonds. The second kappa shape index (κ2) is 9.81. The van der Waals surface area contributed by atoms with E-state index in [-0.39, 0.29) is 42.3 Å². The lowest BCUT2D eigenvalue weighted by Gasteiger charge is -2.61. The molecule has 4 aliphatic rings. The fourth-order valence-electron chi connectivity index (χ4n) is 9.68. The van der Waals surface area contributed by atoms with Crippen LogP contribution in [0.1, 0.15) is 92.9 Å². The van der Waals surface area contributed by atoms with Gasteiger partial charge in [-0.2, -0.15) is 0 Å². The first-order valence-electron chi connectivity index (χ1n) is 14.5. The molecule has 4 aliphatic carbocycles. The first-order valence-corrected chi connectivity index (χ1v) is 14.5. The van der Waals surface area contributed by atoms with Crippen LogP contribution in [0, 0.1) is 45.3 Å². The normalized spacial score (nSPS) is 44.1. The van der Waals surface area contributed by atoms with Crippen LogP contribution < -0.4 is 0 Å². The minimum Gasteiger partial charge on any atom is -0.469 e. The van der Waals surface area contributed by atoms with Crippen LogP contribution in [0.3, 0.4) is 0 Å². The summed E-state index contributed by atoms with van der Waals surface area (Å²) in [4.78, 5) is 38.8. The maximum Gasteiger partial charge on any atom is 0.308 e. The number of aliphatic hydroxyl groups excluding tert-OH is 3. The van der Waals surface area contributed by atoms with Crippen molar-refractivity contribution in [1.82, 2.24) is 0 Å². The molecule has 10 unspecified atom stereocenters. The highest BCUT2D eigenvalue weighted by Crippen LogP contribution is 2.71. The standard InChI is InChI=1S/C31H48O7/c1-17(12-19(33)13-18(2)27(37)38-7)21-14-25(36)31(6)20-8-9-23-28(3,11-10-24(35)29(23,4)16-32)26(20)22(34)15-30(21,31)5/h17-18,21,23-25,32,35-36H,8-16H2,1-7H3. The quantitative estimate of drug-likeness (QED) is 0.424. The summed E-state index contributed by atoms with van der Waals surface area (Å²) in [6.45, 7) is 12.0. The Labute approximate surface area is 227 Å². The Balaban J connectivity index is 1.67. The average molecular weight is 533 g/mol. The summed E-state index contributed by atoms with van der Waals surface area (Å²) in [7, 11) is 1.32. The third kappa shape index (κ3) is 3.97. The molecule has 0 aromatic heterocycles. The Hall–Kier alpha value is -1.57. The van der Waals surface area contributed by atoms with Crippen LogP contribution in [0.25, 0.3) is 0 Å². The third-order valence-electron chi connectivity index (χ3n) is 12.1. The van der Waals surface area contributed by atoms with Crippen molar-refractivity contribution in [3.8, 4) is 0 Å². The Kier molecular flexibility index (Phi) is 7.59. The molecule has 0 heterocycles. The SMILES string of the molecule is COC(=O)C(C)CC(=O)CC(C)C1CC(O)C2(C)C3=C(C(=O)CC12C)C1(C)CCC(O)C(C)(CO)C1CC3. The lowest BCUT2D eigenvalue weighted by Crippen LogP contribution is -2.59. The van der Waals surface area contributed by atoms with Gasteiger partial charge in [0.05, 0.1) is 31.8 Å². The summed E-state index contributed by atoms with van der Waals surface area (Å²) in [5.41, 5.74) is -0.282. The maximum atomic E-state index is 14.1. The van der Waals surface area contributed by atoms with Crippen molar-refractivity contribution in [3.63, 3.8) is 0 Å². The van der Waals surface area contributed by atoms with E-state index in [1.165, 1.54) is 7.11 Å². The number of carbonyl (C=O) groups is 3. The maximum absolute atomic E-state index is 14.1. The largest absolute Gasteiger partial charge is 0.469 e. The molecule has 3 N–H and O–H groups in total. The number of aliphatic hydroxyl groups is 3. The number of fused-ring (bicyclic) bond motifs is 4. The van der Waals surface area contributed by atoms with Crippen LogP contribution in [-0.2, 0) is 19.1 Å². The second-order valence-electron chi connectivity index (χ2n) is 14.0. The van der Waals surface area contributed by atoms with Crippen molar-refractivity contribution in [1.29, 1.82) is 0 Å². The Morgan fingerprint density at radius 2 is 1.71 bits per heavy atom. The molecule has 2 fully saturated rings. The molecular formula is C31H48O7. The first-order chi connectivity index (χ1) is 17.6. The number of esters is 1. The number of carbonyl (C=O) groups excluding carboxylic acids is 3. The zero-order valence-corrected chi connectivity index (χ0v) is 24.3. The van der Waals surface area contributed by atoms with E-state index in [0.29, 0.717) is 38.5 Å². The smallest absolute Gasteiger partial charge is 0.308 e. The van der Waals surface area contributed by atoms with Crippen LogP contribution in [-0.4, -0.2) is 58.8 Å². The van der Waals surface area contributed by atoms with Crippen molar-refractivity contribution in [2.24, 2.45) is 45.3 Å². The molecule has 214 valence electrons. The van der Waals surface area contributed by atoms with Crippen molar-refractivity contribution in [2.45, 2.75) is 105 Å². The highest BCUT2D eigenvalue weighted by Gasteiger charge is 2.68. The highest BCUT2D eigenvalue weighted by molar-refractivity contribution is 6.00. The summed E-state index contributed by atoms with van der Waals surface area (Å²) in [5, 5.41) is 32.8. The predicted molar refractivity (Wildman–Crippen MR) is 143 cm³/mol. The minimum absolute atomic E-state index is 0.00112. The van der Waals surface area contributed by atoms with Crippen LogP contribution in [0.5, 0.6) is 0 Å². The van der Waals surface area contributed by atoms with Gasteiger partial charge < -0.3 is 20.1 Å². The molecule has 7 heteroatoms. The van der Waals surface area contributed by atoms with Gasteiger partial charge in [-0.25, -0.2) is 0 Å². The van der Waals surface area contributed by atoms with E-state index in [1.807, 2.05) is 13.8 Å². The van der Waals surface area contributed by atoms with E-state index in [1.54, 1.807) is 6.92 Å². The van der Waals surface area contributed by atoms with E-state index in [4.69, 9.17) is 4.74 Å². The van der Waals surface area contributed by atoms with E-state index in [0.717, 1.165) is 17.6 Å². The zero-order chi connectivity index (χ0) is 28.4. The van der Waals surface area contributed by atoms with Crippen molar-refractivity contribution < 1.29 is 34.4 Å². The van der Waals surface area contributed by atoms with Gasteiger partial charge in [0.25, 0.3) is 0 Å². The van der Waals surface area contributed by atoms with Gasteiger partial charge in [-0.3, -0.25) is 14.4 Å². The van der Waals surface area contributed by atoms with Crippen LogP contribution in [0.2, 0.25) is 0 Å². The molecule has 0 bridgehead atoms. The van der Waals surface area contributed by atoms with Crippen LogP contribution in [0.15, 0.2) is 11.1 Å². The number of methoxy groups -OCH3 is 1. The molecule has 0 radical (unpaired) electrons. The molecule has 2 saturated carbocycles. The van der Waals surface area contributed by atoms with Gasteiger partial charge in [0, 0.05) is 35.7 Å². The molecule has 0 spiro atoms. The van der Waals surface area contributed by atoms with Crippen molar-refractivity contribution in [3.05, 3.63) is 11.1 Å². The zero-order valence-electron chi connectivity index (χ0n) is 24.3. The van der Waals surface area contributed by atoms with Gasteiger partial charge in [0.15, 0.2) is 5.78 Å². The molecule has 10 atom stereocenters. The molecule has 7 nitrogen and oxygen atoms in total. The molecule has 38 heavy (non-hydrogen) atoms. The first kappa shape index (κ1) is 29.4. The lowest BCUT2D eigenvalue weighted by atomic mass is 9.42. The summed E-state index contributed by atoms with van der Waals surface area (Å²) in [5.74, 6) is -0.828. The van der Waals surface area contributed by atoms with E-state index in [9.17, 15) is 29.7 Å². The van der Waals surface area contributed by atoms with E-state index < -0.39 is 45.8 Å². The second-order valence-corrected chi connectivity index (χ2v) is 14.0. The summed E-state index contributed by atoms with van der Waals surface area (Å²) >= 11 is 0. The number of Topliss-reactive ketones (excluding diaryl/α,β-unsaturated/α-hetero) is 2. The van der Waals surface area contributed by atoms with Gasteiger partial charge in [0.2, 0.25) is 0 Å². The number of allylic oxidation sites excluding steroid dienone is 1.